The lowest BCUT2D eigenvalue weighted by Crippen LogP contribution is -2.42. The number of likely N-dealkylation sites (N-methyl/N-ethyl adjacent to an activating group) is 1. The highest BCUT2D eigenvalue weighted by atomic mass is 32.1. The summed E-state index contributed by atoms with van der Waals surface area (Å²) < 4.78 is 1.93. The minimum Gasteiger partial charge on any atom is -0.389 e. The molecule has 1 N–H and O–H groups in total. The van der Waals surface area contributed by atoms with Crippen molar-refractivity contribution in [2.45, 2.75) is 26.4 Å². The van der Waals surface area contributed by atoms with E-state index in [0.29, 0.717) is 18.0 Å². The molecule has 0 saturated carbocycles. The van der Waals surface area contributed by atoms with Gasteiger partial charge in [0.2, 0.25) is 0 Å². The van der Waals surface area contributed by atoms with E-state index in [-0.39, 0.29) is 5.91 Å². The Morgan fingerprint density at radius 3 is 2.60 bits per heavy atom. The standard InChI is InChI=1S/C15H20N2O2S/c1-4-16(11-15(2,3)19)14(18)13-12(7-10-20-13)17-8-5-6-9-17/h5-10,19H,4,11H2,1-3H3. The molecule has 0 bridgehead atoms. The molecule has 0 aromatic carbocycles. The molecule has 0 unspecified atom stereocenters. The maximum Gasteiger partial charge on any atom is 0.266 e. The number of nitrogens with zero attached hydrogens (tertiary/aromatic N) is 2. The maximum atomic E-state index is 12.6. The van der Waals surface area contributed by atoms with Gasteiger partial charge in [0.25, 0.3) is 5.91 Å². The summed E-state index contributed by atoms with van der Waals surface area (Å²) in [4.78, 5) is 15.0. The highest BCUT2D eigenvalue weighted by molar-refractivity contribution is 7.12. The lowest BCUT2D eigenvalue weighted by atomic mass is 10.1. The van der Waals surface area contributed by atoms with E-state index in [0.717, 1.165) is 5.69 Å². The van der Waals surface area contributed by atoms with Crippen LogP contribution >= 0.6 is 11.3 Å². The Hall–Kier alpha value is -1.59. The molecule has 20 heavy (non-hydrogen) atoms. The van der Waals surface area contributed by atoms with Crippen molar-refractivity contribution in [3.63, 3.8) is 0 Å². The lowest BCUT2D eigenvalue weighted by molar-refractivity contribution is 0.0317. The molecular weight excluding hydrogens is 272 g/mol. The second-order valence-corrected chi connectivity index (χ2v) is 6.27. The summed E-state index contributed by atoms with van der Waals surface area (Å²) in [5.41, 5.74) is -0.00417. The number of carbonyl (C=O) groups is 1. The van der Waals surface area contributed by atoms with E-state index in [9.17, 15) is 9.90 Å². The van der Waals surface area contributed by atoms with Crippen LogP contribution < -0.4 is 0 Å². The molecule has 0 fully saturated rings. The van der Waals surface area contributed by atoms with Gasteiger partial charge in [0.05, 0.1) is 11.3 Å². The Morgan fingerprint density at radius 2 is 2.05 bits per heavy atom. The van der Waals surface area contributed by atoms with Crippen molar-refractivity contribution in [1.82, 2.24) is 9.47 Å². The van der Waals surface area contributed by atoms with Crippen molar-refractivity contribution < 1.29 is 9.90 Å². The Morgan fingerprint density at radius 1 is 1.40 bits per heavy atom. The van der Waals surface area contributed by atoms with Crippen molar-refractivity contribution in [2.75, 3.05) is 13.1 Å². The van der Waals surface area contributed by atoms with Crippen LogP contribution in [0, 0.1) is 0 Å². The summed E-state index contributed by atoms with van der Waals surface area (Å²) in [7, 11) is 0. The van der Waals surface area contributed by atoms with Crippen molar-refractivity contribution in [3.05, 3.63) is 40.8 Å². The second kappa shape index (κ2) is 5.81. The van der Waals surface area contributed by atoms with E-state index in [1.54, 1.807) is 18.7 Å². The number of amides is 1. The Balaban J connectivity index is 2.27. The molecule has 1 amide bonds. The van der Waals surface area contributed by atoms with Crippen LogP contribution in [-0.2, 0) is 0 Å². The van der Waals surface area contributed by atoms with Crippen LogP contribution in [0.4, 0.5) is 0 Å². The van der Waals surface area contributed by atoms with E-state index in [1.165, 1.54) is 11.3 Å². The number of thiophene rings is 1. The van der Waals surface area contributed by atoms with Gasteiger partial charge in [-0.25, -0.2) is 0 Å². The largest absolute Gasteiger partial charge is 0.389 e. The normalized spacial score (nSPS) is 11.6. The van der Waals surface area contributed by atoms with E-state index >= 15 is 0 Å². The third-order valence-electron chi connectivity index (χ3n) is 2.97. The molecule has 0 atom stereocenters. The highest BCUT2D eigenvalue weighted by Crippen LogP contribution is 2.23. The highest BCUT2D eigenvalue weighted by Gasteiger charge is 2.25. The molecule has 2 aromatic rings. The summed E-state index contributed by atoms with van der Waals surface area (Å²) in [6, 6.07) is 5.80. The van der Waals surface area contributed by atoms with Gasteiger partial charge < -0.3 is 14.6 Å². The Labute approximate surface area is 123 Å². The third-order valence-corrected chi connectivity index (χ3v) is 3.86. The fourth-order valence-corrected chi connectivity index (χ4v) is 2.96. The topological polar surface area (TPSA) is 45.5 Å². The van der Waals surface area contributed by atoms with Crippen LogP contribution in [0.25, 0.3) is 5.69 Å². The average Bonchev–Trinajstić information content (AvgIpc) is 3.03. The molecule has 0 spiro atoms. The zero-order valence-electron chi connectivity index (χ0n) is 12.0. The van der Waals surface area contributed by atoms with Crippen molar-refractivity contribution >= 4 is 17.2 Å². The predicted molar refractivity (Wildman–Crippen MR) is 81.5 cm³/mol. The van der Waals surface area contributed by atoms with Gasteiger partial charge in [0.1, 0.15) is 4.88 Å². The Bertz CT molecular complexity index is 567. The lowest BCUT2D eigenvalue weighted by Gasteiger charge is -2.28. The predicted octanol–water partition coefficient (Wildman–Crippen LogP) is 2.77. The molecule has 2 heterocycles. The molecule has 0 aliphatic heterocycles. The average molecular weight is 292 g/mol. The van der Waals surface area contributed by atoms with Gasteiger partial charge in [-0.1, -0.05) is 0 Å². The molecule has 2 rings (SSSR count). The third kappa shape index (κ3) is 3.29. The van der Waals surface area contributed by atoms with Gasteiger partial charge in [0, 0.05) is 25.5 Å². The van der Waals surface area contributed by atoms with Crippen LogP contribution in [0.15, 0.2) is 36.0 Å². The molecule has 4 nitrogen and oxygen atoms in total. The Kier molecular flexibility index (Phi) is 4.30. The molecule has 5 heteroatoms. The van der Waals surface area contributed by atoms with Gasteiger partial charge in [-0.15, -0.1) is 11.3 Å². The van der Waals surface area contributed by atoms with E-state index in [1.807, 2.05) is 47.5 Å². The zero-order chi connectivity index (χ0) is 14.8. The number of hydrogen-bond donors (Lipinski definition) is 1. The van der Waals surface area contributed by atoms with E-state index in [4.69, 9.17) is 0 Å². The molecule has 2 aromatic heterocycles. The van der Waals surface area contributed by atoms with Gasteiger partial charge in [-0.05, 0) is 44.4 Å². The quantitative estimate of drug-likeness (QED) is 0.921. The monoisotopic (exact) mass is 292 g/mol. The number of aromatic nitrogens is 1. The minimum absolute atomic E-state index is 0.0340. The van der Waals surface area contributed by atoms with Crippen LogP contribution in [0.2, 0.25) is 0 Å². The summed E-state index contributed by atoms with van der Waals surface area (Å²) in [6.07, 6.45) is 3.84. The second-order valence-electron chi connectivity index (χ2n) is 5.36. The first-order chi connectivity index (χ1) is 9.42. The van der Waals surface area contributed by atoms with Gasteiger partial charge in [-0.2, -0.15) is 0 Å². The van der Waals surface area contributed by atoms with Crippen molar-refractivity contribution in [2.24, 2.45) is 0 Å². The summed E-state index contributed by atoms with van der Waals surface area (Å²) >= 11 is 1.43. The van der Waals surface area contributed by atoms with Crippen LogP contribution in [0.5, 0.6) is 0 Å². The first kappa shape index (κ1) is 14.8. The zero-order valence-corrected chi connectivity index (χ0v) is 12.9. The van der Waals surface area contributed by atoms with Crippen LogP contribution in [0.3, 0.4) is 0 Å². The first-order valence-corrected chi connectivity index (χ1v) is 7.53. The van der Waals surface area contributed by atoms with Gasteiger partial charge in [-0.3, -0.25) is 4.79 Å². The number of rotatable bonds is 5. The van der Waals surface area contributed by atoms with Gasteiger partial charge in [0.15, 0.2) is 0 Å². The number of hydrogen-bond acceptors (Lipinski definition) is 3. The van der Waals surface area contributed by atoms with E-state index in [2.05, 4.69) is 0 Å². The van der Waals surface area contributed by atoms with Crippen molar-refractivity contribution in [3.8, 4) is 5.69 Å². The summed E-state index contributed by atoms with van der Waals surface area (Å²) in [5.74, 6) is -0.0340. The van der Waals surface area contributed by atoms with Gasteiger partial charge >= 0.3 is 0 Å². The molecule has 108 valence electrons. The van der Waals surface area contributed by atoms with Crippen LogP contribution in [0.1, 0.15) is 30.4 Å². The van der Waals surface area contributed by atoms with E-state index < -0.39 is 5.60 Å². The summed E-state index contributed by atoms with van der Waals surface area (Å²) in [5, 5.41) is 11.8. The number of aliphatic hydroxyl groups is 1. The van der Waals surface area contributed by atoms with Crippen molar-refractivity contribution in [1.29, 1.82) is 0 Å². The molecule has 0 saturated heterocycles. The molecule has 0 aliphatic carbocycles. The first-order valence-electron chi connectivity index (χ1n) is 6.65. The fourth-order valence-electron chi connectivity index (χ4n) is 2.10. The molecule has 0 aliphatic rings. The summed E-state index contributed by atoms with van der Waals surface area (Å²) in [6.45, 7) is 6.25. The van der Waals surface area contributed by atoms with Crippen LogP contribution in [-0.4, -0.2) is 39.2 Å². The SMILES string of the molecule is CCN(CC(C)(C)O)C(=O)c1sccc1-n1cccc1. The molecular formula is C15H20N2O2S. The maximum absolute atomic E-state index is 12.6. The molecule has 0 radical (unpaired) electrons. The smallest absolute Gasteiger partial charge is 0.266 e. The minimum atomic E-state index is -0.892. The fraction of sp³-hybridized carbons (Fsp3) is 0.400. The number of carbonyl (C=O) groups excluding carboxylic acids is 1.